The van der Waals surface area contributed by atoms with Gasteiger partial charge < -0.3 is 10.1 Å². The highest BCUT2D eigenvalue weighted by Crippen LogP contribution is 2.27. The molecule has 0 saturated heterocycles. The summed E-state index contributed by atoms with van der Waals surface area (Å²) in [6.45, 7) is -0.965. The van der Waals surface area contributed by atoms with Crippen molar-refractivity contribution < 1.29 is 35.5 Å². The lowest BCUT2D eigenvalue weighted by molar-refractivity contribution is -0.0471. The summed E-state index contributed by atoms with van der Waals surface area (Å²) >= 11 is 0. The average molecular weight is 475 g/mol. The smallest absolute Gasteiger partial charge is 0.445 e. The van der Waals surface area contributed by atoms with Crippen LogP contribution in [-0.4, -0.2) is 48.7 Å². The Bertz CT molecular complexity index is 1100. The number of pyridine rings is 1. The van der Waals surface area contributed by atoms with Crippen LogP contribution in [0.15, 0.2) is 47.7 Å². The van der Waals surface area contributed by atoms with Crippen LogP contribution in [0.25, 0.3) is 0 Å². The second-order valence-electron chi connectivity index (χ2n) is 6.48. The number of amides is 1. The zero-order chi connectivity index (χ0) is 23.4. The second-order valence-corrected chi connectivity index (χ2v) is 8.36. The Labute approximate surface area is 180 Å². The molecule has 0 unspecified atom stereocenters. The third kappa shape index (κ3) is 5.43. The first kappa shape index (κ1) is 23.2. The summed E-state index contributed by atoms with van der Waals surface area (Å²) in [7, 11) is -5.57. The van der Waals surface area contributed by atoms with Gasteiger partial charge in [-0.3, -0.25) is 0 Å². The topological polar surface area (TPSA) is 104 Å². The zero-order valence-corrected chi connectivity index (χ0v) is 17.1. The molecule has 2 aromatic rings. The summed E-state index contributed by atoms with van der Waals surface area (Å²) in [5.41, 5.74) is -4.38. The quantitative estimate of drug-likeness (QED) is 0.644. The first-order valence-electron chi connectivity index (χ1n) is 9.06. The summed E-state index contributed by atoms with van der Waals surface area (Å²) in [6.07, 6.45) is 0.973. The number of hydrogen-bond donors (Lipinski definition) is 1. The average Bonchev–Trinajstić information content (AvgIpc) is 2.76. The molecule has 0 atom stereocenters. The molecule has 0 spiro atoms. The van der Waals surface area contributed by atoms with Gasteiger partial charge in [0.05, 0.1) is 13.1 Å². The van der Waals surface area contributed by atoms with Crippen LogP contribution in [-0.2, 0) is 27.9 Å². The summed E-state index contributed by atoms with van der Waals surface area (Å²) in [6, 6.07) is 10.0. The molecule has 1 aromatic carbocycles. The molecule has 9 nitrogen and oxygen atoms in total. The molecular formula is C18H17F4N5O4S. The Morgan fingerprint density at radius 1 is 1.16 bits per heavy atom. The number of alkyl carbamates (subject to hydrolysis) is 1. The van der Waals surface area contributed by atoms with Gasteiger partial charge in [0.25, 0.3) is 0 Å². The van der Waals surface area contributed by atoms with E-state index in [2.05, 4.69) is 15.4 Å². The van der Waals surface area contributed by atoms with Gasteiger partial charge in [0.15, 0.2) is 11.6 Å². The predicted octanol–water partition coefficient (Wildman–Crippen LogP) is 2.56. The first-order chi connectivity index (χ1) is 15.1. The van der Waals surface area contributed by atoms with E-state index in [9.17, 15) is 30.8 Å². The number of benzene rings is 1. The van der Waals surface area contributed by atoms with Crippen LogP contribution in [0.1, 0.15) is 11.1 Å². The molecule has 0 aliphatic carbocycles. The molecule has 1 aromatic heterocycles. The summed E-state index contributed by atoms with van der Waals surface area (Å²) in [4.78, 5) is 15.6. The summed E-state index contributed by atoms with van der Waals surface area (Å²) < 4.78 is 80.0. The van der Waals surface area contributed by atoms with E-state index in [0.717, 1.165) is 16.6 Å². The fourth-order valence-electron chi connectivity index (χ4n) is 2.61. The highest BCUT2D eigenvalue weighted by molar-refractivity contribution is 7.90. The predicted molar refractivity (Wildman–Crippen MR) is 105 cm³/mol. The molecule has 1 aliphatic heterocycles. The highest BCUT2D eigenvalue weighted by atomic mass is 32.2. The van der Waals surface area contributed by atoms with Crippen LogP contribution in [0, 0.1) is 5.82 Å². The normalized spacial score (nSPS) is 14.4. The van der Waals surface area contributed by atoms with Crippen LogP contribution in [0.3, 0.4) is 0 Å². The van der Waals surface area contributed by atoms with Gasteiger partial charge >= 0.3 is 21.6 Å². The number of aromatic nitrogens is 1. The van der Waals surface area contributed by atoms with Crippen molar-refractivity contribution >= 4 is 28.3 Å². The van der Waals surface area contributed by atoms with Crippen molar-refractivity contribution in [1.29, 1.82) is 0 Å². The van der Waals surface area contributed by atoms with E-state index >= 15 is 0 Å². The van der Waals surface area contributed by atoms with Crippen LogP contribution in [0.4, 0.5) is 28.2 Å². The van der Waals surface area contributed by atoms with Crippen molar-refractivity contribution in [3.05, 3.63) is 59.5 Å². The van der Waals surface area contributed by atoms with Gasteiger partial charge in [-0.15, -0.1) is 0 Å². The van der Waals surface area contributed by atoms with E-state index < -0.39 is 34.0 Å². The van der Waals surface area contributed by atoms with Crippen LogP contribution < -0.4 is 10.3 Å². The van der Waals surface area contributed by atoms with E-state index in [1.165, 1.54) is 6.20 Å². The zero-order valence-electron chi connectivity index (χ0n) is 16.3. The third-order valence-electron chi connectivity index (χ3n) is 4.23. The van der Waals surface area contributed by atoms with Gasteiger partial charge in [-0.1, -0.05) is 30.3 Å². The minimum atomic E-state index is -5.57. The van der Waals surface area contributed by atoms with Crippen LogP contribution >= 0.6 is 0 Å². The molecule has 0 radical (unpaired) electrons. The van der Waals surface area contributed by atoms with Crippen molar-refractivity contribution in [2.75, 3.05) is 18.1 Å². The minimum Gasteiger partial charge on any atom is -0.445 e. The number of alkyl halides is 3. The van der Waals surface area contributed by atoms with Gasteiger partial charge in [0, 0.05) is 12.7 Å². The number of hydrazone groups is 1. The number of rotatable bonds is 6. The van der Waals surface area contributed by atoms with E-state index in [0.29, 0.717) is 11.9 Å². The SMILES string of the molecule is O=C(NCc1cnc(N2CCN(S(=O)(=O)C(F)(F)F)C=N2)c(F)c1)OCc1ccccc1. The molecule has 172 valence electrons. The Hall–Kier alpha value is -3.42. The number of halogens is 4. The largest absolute Gasteiger partial charge is 0.516 e. The molecular weight excluding hydrogens is 458 g/mol. The number of ether oxygens (including phenoxy) is 1. The first-order valence-corrected chi connectivity index (χ1v) is 10.5. The Morgan fingerprint density at radius 2 is 1.88 bits per heavy atom. The van der Waals surface area contributed by atoms with E-state index in [-0.39, 0.29) is 29.8 Å². The molecule has 32 heavy (non-hydrogen) atoms. The van der Waals surface area contributed by atoms with Gasteiger partial charge in [0.1, 0.15) is 12.9 Å². The lowest BCUT2D eigenvalue weighted by Crippen LogP contribution is -2.46. The van der Waals surface area contributed by atoms with Gasteiger partial charge in [-0.25, -0.2) is 23.5 Å². The van der Waals surface area contributed by atoms with Crippen molar-refractivity contribution in [2.45, 2.75) is 18.7 Å². The van der Waals surface area contributed by atoms with E-state index in [1.807, 2.05) is 6.07 Å². The number of nitrogens with zero attached hydrogens (tertiary/aromatic N) is 4. The lowest BCUT2D eigenvalue weighted by atomic mass is 10.2. The lowest BCUT2D eigenvalue weighted by Gasteiger charge is -2.29. The van der Waals surface area contributed by atoms with Gasteiger partial charge in [-0.05, 0) is 17.2 Å². The number of anilines is 1. The standard InChI is InChI=1S/C18H17F4N5O4S/c19-15-8-14(10-24-17(28)31-11-13-4-2-1-3-5-13)9-23-16(15)27-7-6-26(12-25-27)32(29,30)18(20,21)22/h1-5,8-9,12H,6-7,10-11H2,(H,24,28). The molecule has 0 bridgehead atoms. The van der Waals surface area contributed by atoms with Crippen molar-refractivity contribution in [3.63, 3.8) is 0 Å². The molecule has 3 rings (SSSR count). The van der Waals surface area contributed by atoms with E-state index in [1.54, 1.807) is 24.3 Å². The maximum atomic E-state index is 14.4. The molecule has 0 fully saturated rings. The molecule has 1 amide bonds. The van der Waals surface area contributed by atoms with Gasteiger partial charge in [-0.2, -0.15) is 26.7 Å². The Kier molecular flexibility index (Phi) is 6.81. The molecule has 14 heteroatoms. The summed E-state index contributed by atoms with van der Waals surface area (Å²) in [5.74, 6) is -1.16. The Morgan fingerprint density at radius 3 is 2.47 bits per heavy atom. The van der Waals surface area contributed by atoms with E-state index in [4.69, 9.17) is 4.74 Å². The highest BCUT2D eigenvalue weighted by Gasteiger charge is 2.50. The fraction of sp³-hybridized carbons (Fsp3) is 0.278. The fourth-order valence-corrected chi connectivity index (χ4v) is 3.36. The number of hydrogen-bond acceptors (Lipinski definition) is 7. The maximum Gasteiger partial charge on any atom is 0.516 e. The van der Waals surface area contributed by atoms with Crippen molar-refractivity contribution in [2.24, 2.45) is 5.10 Å². The number of carbonyl (C=O) groups is 1. The number of sulfonamides is 1. The summed E-state index contributed by atoms with van der Waals surface area (Å²) in [5, 5.41) is 6.92. The number of nitrogens with one attached hydrogen (secondary N) is 1. The maximum absolute atomic E-state index is 14.4. The van der Waals surface area contributed by atoms with Gasteiger partial charge in [0.2, 0.25) is 0 Å². The molecule has 0 saturated carbocycles. The second kappa shape index (κ2) is 9.38. The number of carbonyl (C=O) groups excluding carboxylic acids is 1. The monoisotopic (exact) mass is 475 g/mol. The minimum absolute atomic E-state index is 0.0285. The molecule has 1 N–H and O–H groups in total. The molecule has 1 aliphatic rings. The van der Waals surface area contributed by atoms with Crippen LogP contribution in [0.2, 0.25) is 0 Å². The van der Waals surface area contributed by atoms with Crippen molar-refractivity contribution in [3.8, 4) is 0 Å². The van der Waals surface area contributed by atoms with Crippen molar-refractivity contribution in [1.82, 2.24) is 14.6 Å². The third-order valence-corrected chi connectivity index (χ3v) is 5.71. The molecule has 2 heterocycles. The Balaban J connectivity index is 1.56. The van der Waals surface area contributed by atoms with Crippen LogP contribution in [0.5, 0.6) is 0 Å².